The second-order valence-electron chi connectivity index (χ2n) is 12.8. The summed E-state index contributed by atoms with van der Waals surface area (Å²) in [5.41, 5.74) is 7.11. The largest absolute Gasteiger partial charge is 0.461 e. The number of fused-ring (bicyclic) bond motifs is 5. The molecule has 0 saturated carbocycles. The number of nitrogen functional groups attached to an aromatic ring is 1. The number of piperazine rings is 1. The van der Waals surface area contributed by atoms with Crippen LogP contribution in [0.15, 0.2) is 18.2 Å². The number of benzene rings is 2. The van der Waals surface area contributed by atoms with E-state index in [0.29, 0.717) is 52.8 Å². The van der Waals surface area contributed by atoms with Crippen LogP contribution in [0.1, 0.15) is 43.2 Å². The van der Waals surface area contributed by atoms with Crippen molar-refractivity contribution >= 4 is 43.1 Å². The molecule has 44 heavy (non-hydrogen) atoms. The Balaban J connectivity index is 1.29. The molecule has 12 heteroatoms. The molecule has 228 valence electrons. The Bertz CT molecular complexity index is 1860. The van der Waals surface area contributed by atoms with Crippen molar-refractivity contribution in [1.29, 1.82) is 5.26 Å². The van der Waals surface area contributed by atoms with Gasteiger partial charge in [0.15, 0.2) is 5.82 Å². The first kappa shape index (κ1) is 27.9. The molecule has 4 aromatic rings. The summed E-state index contributed by atoms with van der Waals surface area (Å²) in [6.07, 6.45) is 3.45. The van der Waals surface area contributed by atoms with Gasteiger partial charge in [0.25, 0.3) is 0 Å². The minimum absolute atomic E-state index is 0.0531. The van der Waals surface area contributed by atoms with E-state index in [0.717, 1.165) is 56.7 Å². The lowest BCUT2D eigenvalue weighted by molar-refractivity contribution is 0.107. The second-order valence-corrected chi connectivity index (χ2v) is 13.8. The van der Waals surface area contributed by atoms with E-state index in [4.69, 9.17) is 15.5 Å². The molecular formula is C32H32F3N7OS. The predicted octanol–water partition coefficient (Wildman–Crippen LogP) is 5.45. The van der Waals surface area contributed by atoms with Gasteiger partial charge in [0.2, 0.25) is 0 Å². The summed E-state index contributed by atoms with van der Waals surface area (Å²) in [7, 11) is 0. The Labute approximate surface area is 256 Å². The number of alkyl halides is 1. The third-order valence-corrected chi connectivity index (χ3v) is 11.1. The van der Waals surface area contributed by atoms with Crippen LogP contribution >= 0.6 is 11.3 Å². The number of rotatable bonds is 5. The molecule has 3 N–H and O–H groups in total. The number of nitrogens with zero attached hydrogens (tertiary/aromatic N) is 5. The average molecular weight is 620 g/mol. The molecule has 0 amide bonds. The number of thiophene rings is 1. The molecule has 4 aliphatic rings. The van der Waals surface area contributed by atoms with Gasteiger partial charge in [-0.25, -0.2) is 13.2 Å². The van der Waals surface area contributed by atoms with Crippen molar-refractivity contribution in [2.45, 2.75) is 62.8 Å². The van der Waals surface area contributed by atoms with Crippen LogP contribution in [0.4, 0.5) is 24.0 Å². The zero-order valence-corrected chi connectivity index (χ0v) is 25.1. The number of anilines is 2. The maximum atomic E-state index is 16.9. The lowest BCUT2D eigenvalue weighted by Gasteiger charge is -2.35. The Morgan fingerprint density at radius 3 is 2.77 bits per heavy atom. The van der Waals surface area contributed by atoms with Gasteiger partial charge in [-0.2, -0.15) is 15.2 Å². The average Bonchev–Trinajstić information content (AvgIpc) is 3.73. The van der Waals surface area contributed by atoms with Crippen LogP contribution in [0, 0.1) is 29.9 Å². The fraction of sp³-hybridized carbons (Fsp3) is 0.469. The number of nitrogens with one attached hydrogen (secondary N) is 1. The zero-order valence-electron chi connectivity index (χ0n) is 24.3. The first-order valence-electron chi connectivity index (χ1n) is 15.2. The standard InChI is InChI=1S/C32H32F3N7OS/c1-16-9-21-27(26(35)24(16)20-5-6-23(34)28-25(20)22(11-36)29(37)44-28)39-31(40-30(21)41-13-18-3-4-19(14-41)38-18)43-15-32-7-2-8-42(32)12-17(33)10-32/h5-6,9,17-19,38H,2-4,7-8,10,12-15,37H2,1H3/t17-,18?,19?,32+/m1/s1. The normalized spacial score (nSPS) is 26.5. The first-order chi connectivity index (χ1) is 21.2. The number of nitriles is 1. The molecule has 8 rings (SSSR count). The van der Waals surface area contributed by atoms with Crippen LogP contribution in [-0.2, 0) is 0 Å². The highest BCUT2D eigenvalue weighted by molar-refractivity contribution is 7.23. The monoisotopic (exact) mass is 619 g/mol. The number of ether oxygens (including phenoxy) is 1. The molecule has 6 heterocycles. The summed E-state index contributed by atoms with van der Waals surface area (Å²) in [5, 5.41) is 14.5. The summed E-state index contributed by atoms with van der Waals surface area (Å²) in [4.78, 5) is 13.8. The van der Waals surface area contributed by atoms with Gasteiger partial charge in [0.1, 0.15) is 41.0 Å². The van der Waals surface area contributed by atoms with Crippen molar-refractivity contribution in [3.8, 4) is 23.2 Å². The highest BCUT2D eigenvalue weighted by Gasteiger charge is 2.49. The lowest BCUT2D eigenvalue weighted by atomic mass is 9.93. The zero-order chi connectivity index (χ0) is 30.3. The van der Waals surface area contributed by atoms with E-state index in [1.54, 1.807) is 6.92 Å². The predicted molar refractivity (Wildman–Crippen MR) is 165 cm³/mol. The van der Waals surface area contributed by atoms with E-state index in [-0.39, 0.29) is 39.0 Å². The van der Waals surface area contributed by atoms with Gasteiger partial charge in [-0.05, 0) is 62.4 Å². The third kappa shape index (κ3) is 4.24. The lowest BCUT2D eigenvalue weighted by Crippen LogP contribution is -2.51. The minimum atomic E-state index is -0.900. The molecule has 0 aliphatic carbocycles. The van der Waals surface area contributed by atoms with Crippen molar-refractivity contribution in [3.63, 3.8) is 0 Å². The fourth-order valence-electron chi connectivity index (χ4n) is 8.08. The van der Waals surface area contributed by atoms with E-state index < -0.39 is 23.3 Å². The summed E-state index contributed by atoms with van der Waals surface area (Å²) in [6.45, 7) is 4.71. The van der Waals surface area contributed by atoms with Gasteiger partial charge in [0.05, 0.1) is 15.8 Å². The molecule has 0 spiro atoms. The number of aromatic nitrogens is 2. The van der Waals surface area contributed by atoms with Crippen LogP contribution in [0.25, 0.3) is 32.1 Å². The van der Waals surface area contributed by atoms with Crippen LogP contribution < -0.4 is 20.7 Å². The summed E-state index contributed by atoms with van der Waals surface area (Å²) < 4.78 is 52.7. The number of hydrogen-bond donors (Lipinski definition) is 2. The third-order valence-electron chi connectivity index (χ3n) is 10.0. The van der Waals surface area contributed by atoms with Crippen LogP contribution in [0.3, 0.4) is 0 Å². The molecule has 4 aliphatic heterocycles. The quantitative estimate of drug-likeness (QED) is 0.304. The van der Waals surface area contributed by atoms with Gasteiger partial charge < -0.3 is 20.7 Å². The molecule has 2 unspecified atom stereocenters. The van der Waals surface area contributed by atoms with Gasteiger partial charge in [-0.3, -0.25) is 4.90 Å². The van der Waals surface area contributed by atoms with E-state index in [1.807, 2.05) is 6.07 Å². The van der Waals surface area contributed by atoms with E-state index in [9.17, 15) is 14.0 Å². The maximum absolute atomic E-state index is 16.9. The summed E-state index contributed by atoms with van der Waals surface area (Å²) >= 11 is 0.979. The van der Waals surface area contributed by atoms with Gasteiger partial charge in [0, 0.05) is 54.5 Å². The van der Waals surface area contributed by atoms with E-state index in [2.05, 4.69) is 26.2 Å². The minimum Gasteiger partial charge on any atom is -0.461 e. The number of halogens is 3. The summed E-state index contributed by atoms with van der Waals surface area (Å²) in [5.74, 6) is -0.509. The van der Waals surface area contributed by atoms with Gasteiger partial charge in [-0.1, -0.05) is 6.07 Å². The Hall–Kier alpha value is -3.66. The highest BCUT2D eigenvalue weighted by Crippen LogP contribution is 2.45. The molecule has 4 atom stereocenters. The fourth-order valence-corrected chi connectivity index (χ4v) is 9.03. The summed E-state index contributed by atoms with van der Waals surface area (Å²) in [6, 6.07) is 7.42. The topological polar surface area (TPSA) is 103 Å². The molecule has 4 fully saturated rings. The molecule has 0 radical (unpaired) electrons. The Morgan fingerprint density at radius 1 is 1.20 bits per heavy atom. The van der Waals surface area contributed by atoms with Crippen LogP contribution in [0.5, 0.6) is 6.01 Å². The second kappa shape index (κ2) is 10.2. The van der Waals surface area contributed by atoms with Crippen LogP contribution in [-0.4, -0.2) is 71.4 Å². The molecule has 8 nitrogen and oxygen atoms in total. The van der Waals surface area contributed by atoms with Crippen molar-refractivity contribution in [1.82, 2.24) is 20.2 Å². The van der Waals surface area contributed by atoms with Crippen molar-refractivity contribution in [3.05, 3.63) is 41.0 Å². The number of nitrogens with two attached hydrogens (primary N) is 1. The van der Waals surface area contributed by atoms with Crippen molar-refractivity contribution in [2.75, 3.05) is 43.4 Å². The van der Waals surface area contributed by atoms with Crippen LogP contribution in [0.2, 0.25) is 0 Å². The molecule has 2 aromatic carbocycles. The molecule has 2 bridgehead atoms. The smallest absolute Gasteiger partial charge is 0.319 e. The van der Waals surface area contributed by atoms with E-state index >= 15 is 4.39 Å². The van der Waals surface area contributed by atoms with E-state index in [1.165, 1.54) is 12.1 Å². The SMILES string of the molecule is Cc1cc2c(N3CC4CCC(C3)N4)nc(OC[C@@]34CCCN3C[C@H](F)C4)nc2c(F)c1-c1ccc(F)c2sc(N)c(C#N)c12. The van der Waals surface area contributed by atoms with Gasteiger partial charge >= 0.3 is 6.01 Å². The maximum Gasteiger partial charge on any atom is 0.319 e. The first-order valence-corrected chi connectivity index (χ1v) is 16.0. The Morgan fingerprint density at radius 2 is 2.00 bits per heavy atom. The highest BCUT2D eigenvalue weighted by atomic mass is 32.1. The molecule has 2 aromatic heterocycles. The number of aryl methyl sites for hydroxylation is 1. The molecular weight excluding hydrogens is 587 g/mol. The molecule has 4 saturated heterocycles. The Kier molecular flexibility index (Phi) is 6.45. The van der Waals surface area contributed by atoms with Crippen molar-refractivity contribution < 1.29 is 17.9 Å². The number of hydrogen-bond acceptors (Lipinski definition) is 9. The van der Waals surface area contributed by atoms with Crippen molar-refractivity contribution in [2.24, 2.45) is 0 Å². The van der Waals surface area contributed by atoms with Gasteiger partial charge in [-0.15, -0.1) is 11.3 Å².